The van der Waals surface area contributed by atoms with Gasteiger partial charge in [0, 0.05) is 31.9 Å². The van der Waals surface area contributed by atoms with Crippen LogP contribution in [0.15, 0.2) is 35.5 Å². The van der Waals surface area contributed by atoms with E-state index in [0.717, 1.165) is 0 Å². The molecule has 0 saturated heterocycles. The monoisotopic (exact) mass is 304 g/mol. The van der Waals surface area contributed by atoms with Gasteiger partial charge in [-0.1, -0.05) is 12.1 Å². The summed E-state index contributed by atoms with van der Waals surface area (Å²) in [5, 5.41) is 16.1. The molecule has 116 valence electrons. The summed E-state index contributed by atoms with van der Waals surface area (Å²) in [5.41, 5.74) is 1.16. The van der Waals surface area contributed by atoms with E-state index < -0.39 is 17.0 Å². The summed E-state index contributed by atoms with van der Waals surface area (Å²) in [4.78, 5) is 35.8. The van der Waals surface area contributed by atoms with E-state index in [-0.39, 0.29) is 11.6 Å². The van der Waals surface area contributed by atoms with Crippen LogP contribution in [0.2, 0.25) is 0 Å². The summed E-state index contributed by atoms with van der Waals surface area (Å²) >= 11 is 0. The molecule has 8 heteroatoms. The quantitative estimate of drug-likeness (QED) is 0.649. The predicted octanol–water partition coefficient (Wildman–Crippen LogP) is 1.31. The number of nitrogens with zero attached hydrogens (tertiary/aromatic N) is 2. The van der Waals surface area contributed by atoms with Gasteiger partial charge in [-0.05, 0) is 12.5 Å². The molecular weight excluding hydrogens is 288 g/mol. The molecule has 0 bridgehead atoms. The molecule has 1 atom stereocenters. The third kappa shape index (κ3) is 2.90. The average Bonchev–Trinajstić information content (AvgIpc) is 2.45. The minimum absolute atomic E-state index is 0.0976. The third-order valence-corrected chi connectivity index (χ3v) is 3.32. The standard InChI is InChI=1S/C14H16N4O4/c1-8-11(13(19)17(2)3)12(16-14(20)15-8)9-5-4-6-10(7-9)18(21)22/h4-7,12H,1-3H3,(H2,15,16,20)/t12-/m0/s1. The number of nitro groups is 1. The zero-order valence-corrected chi connectivity index (χ0v) is 12.4. The number of amides is 3. The minimum atomic E-state index is -0.733. The van der Waals surface area contributed by atoms with Crippen LogP contribution in [0.1, 0.15) is 18.5 Å². The first-order chi connectivity index (χ1) is 10.3. The van der Waals surface area contributed by atoms with Crippen molar-refractivity contribution >= 4 is 17.6 Å². The Hall–Kier alpha value is -2.90. The second-order valence-corrected chi connectivity index (χ2v) is 5.12. The summed E-state index contributed by atoms with van der Waals surface area (Å²) in [6.45, 7) is 1.62. The molecular formula is C14H16N4O4. The highest BCUT2D eigenvalue weighted by molar-refractivity contribution is 5.98. The van der Waals surface area contributed by atoms with E-state index in [0.29, 0.717) is 16.8 Å². The first kappa shape index (κ1) is 15.5. The van der Waals surface area contributed by atoms with Crippen molar-refractivity contribution in [3.63, 3.8) is 0 Å². The van der Waals surface area contributed by atoms with Crippen LogP contribution in [0.4, 0.5) is 10.5 Å². The molecule has 0 aliphatic carbocycles. The molecule has 0 aromatic heterocycles. The van der Waals surface area contributed by atoms with Crippen molar-refractivity contribution < 1.29 is 14.5 Å². The van der Waals surface area contributed by atoms with Gasteiger partial charge in [0.2, 0.25) is 0 Å². The molecule has 0 fully saturated rings. The summed E-state index contributed by atoms with van der Waals surface area (Å²) in [5.74, 6) is -0.276. The summed E-state index contributed by atoms with van der Waals surface area (Å²) in [6, 6.07) is 4.68. The fourth-order valence-corrected chi connectivity index (χ4v) is 2.29. The number of nitrogens with one attached hydrogen (secondary N) is 2. The fourth-order valence-electron chi connectivity index (χ4n) is 2.29. The average molecular weight is 304 g/mol. The van der Waals surface area contributed by atoms with Crippen LogP contribution >= 0.6 is 0 Å². The minimum Gasteiger partial charge on any atom is -0.345 e. The Morgan fingerprint density at radius 2 is 2.05 bits per heavy atom. The van der Waals surface area contributed by atoms with Crippen LogP contribution < -0.4 is 10.6 Å². The Morgan fingerprint density at radius 3 is 2.64 bits per heavy atom. The molecule has 1 aromatic carbocycles. The van der Waals surface area contributed by atoms with E-state index in [1.54, 1.807) is 27.1 Å². The van der Waals surface area contributed by atoms with Crippen LogP contribution in [0.3, 0.4) is 0 Å². The molecule has 2 rings (SSSR count). The zero-order valence-electron chi connectivity index (χ0n) is 12.4. The predicted molar refractivity (Wildman–Crippen MR) is 78.9 cm³/mol. The van der Waals surface area contributed by atoms with Crippen molar-refractivity contribution in [1.29, 1.82) is 0 Å². The second-order valence-electron chi connectivity index (χ2n) is 5.12. The molecule has 0 saturated carbocycles. The van der Waals surface area contributed by atoms with Crippen LogP contribution in [0.5, 0.6) is 0 Å². The SMILES string of the molecule is CC1=C(C(=O)N(C)C)[C@H](c2cccc([N+](=O)[O-])c2)NC(=O)N1. The number of carbonyl (C=O) groups excluding carboxylic acids is 2. The molecule has 1 aromatic rings. The van der Waals surface area contributed by atoms with Crippen LogP contribution in [0.25, 0.3) is 0 Å². The molecule has 1 heterocycles. The Kier molecular flexibility index (Phi) is 4.11. The van der Waals surface area contributed by atoms with Gasteiger partial charge >= 0.3 is 6.03 Å². The van der Waals surface area contributed by atoms with Crippen LogP contribution in [-0.4, -0.2) is 35.9 Å². The van der Waals surface area contributed by atoms with Crippen molar-refractivity contribution in [2.24, 2.45) is 0 Å². The molecule has 0 spiro atoms. The second kappa shape index (κ2) is 5.84. The van der Waals surface area contributed by atoms with Gasteiger partial charge in [-0.15, -0.1) is 0 Å². The van der Waals surface area contributed by atoms with E-state index >= 15 is 0 Å². The number of likely N-dealkylation sites (N-methyl/N-ethyl adjacent to an activating group) is 1. The molecule has 1 aliphatic heterocycles. The lowest BCUT2D eigenvalue weighted by Crippen LogP contribution is -2.46. The van der Waals surface area contributed by atoms with E-state index in [2.05, 4.69) is 10.6 Å². The molecule has 3 amide bonds. The molecule has 2 N–H and O–H groups in total. The van der Waals surface area contributed by atoms with Crippen molar-refractivity contribution in [1.82, 2.24) is 15.5 Å². The van der Waals surface area contributed by atoms with Crippen molar-refractivity contribution in [3.8, 4) is 0 Å². The highest BCUT2D eigenvalue weighted by Crippen LogP contribution is 2.29. The topological polar surface area (TPSA) is 105 Å². The van der Waals surface area contributed by atoms with Gasteiger partial charge in [-0.25, -0.2) is 4.79 Å². The molecule has 22 heavy (non-hydrogen) atoms. The van der Waals surface area contributed by atoms with Gasteiger partial charge in [-0.3, -0.25) is 14.9 Å². The maximum atomic E-state index is 12.4. The third-order valence-electron chi connectivity index (χ3n) is 3.32. The van der Waals surface area contributed by atoms with Crippen molar-refractivity contribution in [3.05, 3.63) is 51.2 Å². The Bertz CT molecular complexity index is 681. The van der Waals surface area contributed by atoms with Gasteiger partial charge in [0.15, 0.2) is 0 Å². The van der Waals surface area contributed by atoms with Gasteiger partial charge in [0.1, 0.15) is 0 Å². The Labute approximate surface area is 126 Å². The number of urea groups is 1. The smallest absolute Gasteiger partial charge is 0.319 e. The maximum Gasteiger partial charge on any atom is 0.319 e. The molecule has 1 aliphatic rings. The van der Waals surface area contributed by atoms with Crippen molar-refractivity contribution in [2.45, 2.75) is 13.0 Å². The Morgan fingerprint density at radius 1 is 1.36 bits per heavy atom. The molecule has 8 nitrogen and oxygen atoms in total. The van der Waals surface area contributed by atoms with Crippen molar-refractivity contribution in [2.75, 3.05) is 14.1 Å². The first-order valence-corrected chi connectivity index (χ1v) is 6.55. The summed E-state index contributed by atoms with van der Waals surface area (Å²) < 4.78 is 0. The molecule has 0 radical (unpaired) electrons. The molecule has 0 unspecified atom stereocenters. The number of nitro benzene ring substituents is 1. The van der Waals surface area contributed by atoms with Crippen LogP contribution in [0, 0.1) is 10.1 Å². The lowest BCUT2D eigenvalue weighted by molar-refractivity contribution is -0.384. The van der Waals surface area contributed by atoms with Gasteiger partial charge in [0.25, 0.3) is 11.6 Å². The summed E-state index contributed by atoms with van der Waals surface area (Å²) in [7, 11) is 3.20. The summed E-state index contributed by atoms with van der Waals surface area (Å²) in [6.07, 6.45) is 0. The number of benzene rings is 1. The lowest BCUT2D eigenvalue weighted by atomic mass is 9.94. The Balaban J connectivity index is 2.52. The van der Waals surface area contributed by atoms with E-state index in [1.165, 1.54) is 23.1 Å². The largest absolute Gasteiger partial charge is 0.345 e. The zero-order chi connectivity index (χ0) is 16.4. The number of non-ortho nitro benzene ring substituents is 1. The number of hydrogen-bond donors (Lipinski definition) is 2. The van der Waals surface area contributed by atoms with E-state index in [9.17, 15) is 19.7 Å². The number of hydrogen-bond acceptors (Lipinski definition) is 4. The van der Waals surface area contributed by atoms with Crippen LogP contribution in [-0.2, 0) is 4.79 Å². The van der Waals surface area contributed by atoms with Gasteiger partial charge in [0.05, 0.1) is 16.5 Å². The van der Waals surface area contributed by atoms with E-state index in [4.69, 9.17) is 0 Å². The normalized spacial score (nSPS) is 17.6. The lowest BCUT2D eigenvalue weighted by Gasteiger charge is -2.29. The van der Waals surface area contributed by atoms with E-state index in [1.807, 2.05) is 0 Å². The first-order valence-electron chi connectivity index (χ1n) is 6.55. The number of rotatable bonds is 3. The maximum absolute atomic E-state index is 12.4. The highest BCUT2D eigenvalue weighted by Gasteiger charge is 2.32. The highest BCUT2D eigenvalue weighted by atomic mass is 16.6. The number of carbonyl (C=O) groups is 2. The fraction of sp³-hybridized carbons (Fsp3) is 0.286. The number of allylic oxidation sites excluding steroid dienone is 1. The van der Waals surface area contributed by atoms with Gasteiger partial charge in [-0.2, -0.15) is 0 Å². The van der Waals surface area contributed by atoms with Gasteiger partial charge < -0.3 is 15.5 Å².